The number of benzene rings is 4. The van der Waals surface area contributed by atoms with E-state index < -0.39 is 23.0 Å². The van der Waals surface area contributed by atoms with Gasteiger partial charge in [-0.15, -0.1) is 11.8 Å². The van der Waals surface area contributed by atoms with Crippen molar-refractivity contribution in [2.24, 2.45) is 0 Å². The van der Waals surface area contributed by atoms with Gasteiger partial charge in [0, 0.05) is 21.8 Å². The number of hydrogen-bond donors (Lipinski definition) is 3. The Bertz CT molecular complexity index is 1650. The van der Waals surface area contributed by atoms with E-state index in [1.54, 1.807) is 130 Å². The number of amides is 3. The molecule has 0 bridgehead atoms. The molecule has 10 heteroatoms. The van der Waals surface area contributed by atoms with Crippen LogP contribution < -0.4 is 20.7 Å². The van der Waals surface area contributed by atoms with Gasteiger partial charge in [0.05, 0.1) is 24.5 Å². The number of carbonyl (C=O) groups excluding carboxylic acids is 4. The lowest BCUT2D eigenvalue weighted by molar-refractivity contribution is -0.115. The molecule has 0 saturated heterocycles. The third-order valence-electron chi connectivity index (χ3n) is 6.41. The lowest BCUT2D eigenvalue weighted by Gasteiger charge is -2.14. The van der Waals surface area contributed by atoms with E-state index in [-0.39, 0.29) is 18.2 Å². The van der Waals surface area contributed by atoms with Gasteiger partial charge in [0.25, 0.3) is 11.8 Å². The van der Waals surface area contributed by atoms with Crippen LogP contribution in [0, 0.1) is 0 Å². The molecular weight excluding hydrogens is 590 g/mol. The van der Waals surface area contributed by atoms with Crippen LogP contribution in [0.25, 0.3) is 6.08 Å². The fourth-order valence-electron chi connectivity index (χ4n) is 4.03. The second-order valence-corrected chi connectivity index (χ2v) is 11.1. The van der Waals surface area contributed by atoms with Crippen LogP contribution in [0.15, 0.2) is 114 Å². The zero-order chi connectivity index (χ0) is 32.2. The van der Waals surface area contributed by atoms with Crippen molar-refractivity contribution in [3.05, 3.63) is 126 Å². The summed E-state index contributed by atoms with van der Waals surface area (Å²) in [6, 6.07) is 29.3. The predicted molar refractivity (Wildman–Crippen MR) is 176 cm³/mol. The van der Waals surface area contributed by atoms with Crippen molar-refractivity contribution in [3.8, 4) is 5.75 Å². The Kier molecular flexibility index (Phi) is 11.5. The zero-order valence-electron chi connectivity index (χ0n) is 25.0. The lowest BCUT2D eigenvalue weighted by Crippen LogP contribution is -2.30. The van der Waals surface area contributed by atoms with Crippen LogP contribution >= 0.6 is 11.8 Å². The molecule has 4 aromatic rings. The Morgan fingerprint density at radius 2 is 1.40 bits per heavy atom. The fraction of sp³-hybridized carbons (Fsp3) is 0.143. The first-order valence-electron chi connectivity index (χ1n) is 14.1. The van der Waals surface area contributed by atoms with Gasteiger partial charge in [-0.3, -0.25) is 14.4 Å². The molecule has 0 radical (unpaired) electrons. The molecular formula is C35H33N3O6S. The molecule has 3 N–H and O–H groups in total. The van der Waals surface area contributed by atoms with Crippen LogP contribution in [-0.2, 0) is 14.3 Å². The van der Waals surface area contributed by atoms with E-state index in [4.69, 9.17) is 9.47 Å². The van der Waals surface area contributed by atoms with Crippen molar-refractivity contribution >= 4 is 52.9 Å². The molecule has 0 saturated carbocycles. The first-order chi connectivity index (χ1) is 21.7. The highest BCUT2D eigenvalue weighted by atomic mass is 32.2. The Labute approximate surface area is 266 Å². The smallest absolute Gasteiger partial charge is 0.338 e. The maximum Gasteiger partial charge on any atom is 0.338 e. The SMILES string of the molecule is CCOC(=O)c1ccc(NC(=O)C(C)Sc2ccc(NC(=O)/C(=C/c3ccc(OC)cc3)NC(=O)c3ccccc3)cc2)cc1. The molecule has 0 aliphatic rings. The normalized spacial score (nSPS) is 11.6. The molecule has 3 amide bonds. The molecule has 4 aromatic carbocycles. The molecule has 0 heterocycles. The average molecular weight is 624 g/mol. The highest BCUT2D eigenvalue weighted by molar-refractivity contribution is 8.00. The second kappa shape index (κ2) is 15.9. The largest absolute Gasteiger partial charge is 0.497 e. The van der Waals surface area contributed by atoms with Crippen molar-refractivity contribution in [2.45, 2.75) is 24.0 Å². The summed E-state index contributed by atoms with van der Waals surface area (Å²) in [5.74, 6) is -0.873. The number of anilines is 2. The minimum absolute atomic E-state index is 0.0630. The maximum atomic E-state index is 13.3. The summed E-state index contributed by atoms with van der Waals surface area (Å²) in [6.45, 7) is 3.81. The average Bonchev–Trinajstić information content (AvgIpc) is 3.06. The molecule has 1 unspecified atom stereocenters. The summed E-state index contributed by atoms with van der Waals surface area (Å²) in [5, 5.41) is 7.97. The Hall–Kier alpha value is -5.35. The van der Waals surface area contributed by atoms with Crippen molar-refractivity contribution in [1.82, 2.24) is 5.32 Å². The Balaban J connectivity index is 1.39. The number of hydrogen-bond acceptors (Lipinski definition) is 7. The minimum Gasteiger partial charge on any atom is -0.497 e. The number of esters is 1. The van der Waals surface area contributed by atoms with Gasteiger partial charge < -0.3 is 25.4 Å². The molecule has 0 aliphatic carbocycles. The number of rotatable bonds is 12. The number of carbonyl (C=O) groups is 4. The van der Waals surface area contributed by atoms with Gasteiger partial charge in [-0.2, -0.15) is 0 Å². The maximum absolute atomic E-state index is 13.3. The summed E-state index contributed by atoms with van der Waals surface area (Å²) >= 11 is 1.35. The zero-order valence-corrected chi connectivity index (χ0v) is 25.9. The van der Waals surface area contributed by atoms with E-state index >= 15 is 0 Å². The van der Waals surface area contributed by atoms with E-state index in [0.29, 0.717) is 33.8 Å². The molecule has 1 atom stereocenters. The highest BCUT2D eigenvalue weighted by Gasteiger charge is 2.17. The standard InChI is InChI=1S/C35H33N3O6S/c1-4-44-35(42)26-12-14-27(15-13-26)36-32(39)23(2)45-30-20-16-28(17-21-30)37-34(41)31(22-24-10-18-29(43-3)19-11-24)38-33(40)25-8-6-5-7-9-25/h5-23H,4H2,1-3H3,(H,36,39)(H,37,41)(H,38,40)/b31-22-. The predicted octanol–water partition coefficient (Wildman–Crippen LogP) is 6.40. The molecule has 0 fully saturated rings. The van der Waals surface area contributed by atoms with Gasteiger partial charge in [0.15, 0.2) is 0 Å². The summed E-state index contributed by atoms with van der Waals surface area (Å²) in [7, 11) is 1.57. The number of thioether (sulfide) groups is 1. The van der Waals surface area contributed by atoms with Gasteiger partial charge in [0.1, 0.15) is 11.4 Å². The van der Waals surface area contributed by atoms with E-state index in [2.05, 4.69) is 16.0 Å². The highest BCUT2D eigenvalue weighted by Crippen LogP contribution is 2.26. The van der Waals surface area contributed by atoms with Gasteiger partial charge in [-0.05, 0) is 98.3 Å². The summed E-state index contributed by atoms with van der Waals surface area (Å²) in [4.78, 5) is 51.6. The van der Waals surface area contributed by atoms with Crippen LogP contribution in [-0.4, -0.2) is 42.7 Å². The van der Waals surface area contributed by atoms with E-state index in [1.807, 2.05) is 0 Å². The van der Waals surface area contributed by atoms with Crippen molar-refractivity contribution in [1.29, 1.82) is 0 Å². The van der Waals surface area contributed by atoms with E-state index in [0.717, 1.165) is 4.90 Å². The summed E-state index contributed by atoms with van der Waals surface area (Å²) < 4.78 is 10.2. The third-order valence-corrected chi connectivity index (χ3v) is 7.53. The molecule has 0 aliphatic heterocycles. The third kappa shape index (κ3) is 9.57. The summed E-state index contributed by atoms with van der Waals surface area (Å²) in [6.07, 6.45) is 1.59. The van der Waals surface area contributed by atoms with Crippen LogP contribution in [0.1, 0.15) is 40.1 Å². The van der Waals surface area contributed by atoms with Crippen LogP contribution in [0.5, 0.6) is 5.75 Å². The quantitative estimate of drug-likeness (QED) is 0.0948. The molecule has 230 valence electrons. The van der Waals surface area contributed by atoms with Crippen LogP contribution in [0.3, 0.4) is 0 Å². The Morgan fingerprint density at radius 3 is 2.02 bits per heavy atom. The van der Waals surface area contributed by atoms with Crippen LogP contribution in [0.2, 0.25) is 0 Å². The lowest BCUT2D eigenvalue weighted by atomic mass is 10.1. The first-order valence-corrected chi connectivity index (χ1v) is 15.0. The second-order valence-electron chi connectivity index (χ2n) is 9.68. The monoisotopic (exact) mass is 623 g/mol. The molecule has 0 spiro atoms. The van der Waals surface area contributed by atoms with E-state index in [9.17, 15) is 19.2 Å². The van der Waals surface area contributed by atoms with E-state index in [1.165, 1.54) is 11.8 Å². The summed E-state index contributed by atoms with van der Waals surface area (Å²) in [5.41, 5.74) is 2.66. The minimum atomic E-state index is -0.503. The fourth-order valence-corrected chi connectivity index (χ4v) is 4.90. The molecule has 4 rings (SSSR count). The Morgan fingerprint density at radius 1 is 0.778 bits per heavy atom. The molecule has 45 heavy (non-hydrogen) atoms. The van der Waals surface area contributed by atoms with Crippen LogP contribution in [0.4, 0.5) is 11.4 Å². The van der Waals surface area contributed by atoms with Gasteiger partial charge in [-0.1, -0.05) is 30.3 Å². The van der Waals surface area contributed by atoms with Gasteiger partial charge in [0.2, 0.25) is 5.91 Å². The number of nitrogens with one attached hydrogen (secondary N) is 3. The van der Waals surface area contributed by atoms with Crippen molar-refractivity contribution in [3.63, 3.8) is 0 Å². The van der Waals surface area contributed by atoms with Crippen molar-refractivity contribution in [2.75, 3.05) is 24.4 Å². The molecule has 9 nitrogen and oxygen atoms in total. The number of methoxy groups -OCH3 is 1. The van der Waals surface area contributed by atoms with Gasteiger partial charge in [-0.25, -0.2) is 4.79 Å². The van der Waals surface area contributed by atoms with Crippen molar-refractivity contribution < 1.29 is 28.7 Å². The molecule has 0 aromatic heterocycles. The number of ether oxygens (including phenoxy) is 2. The topological polar surface area (TPSA) is 123 Å². The van der Waals surface area contributed by atoms with Gasteiger partial charge >= 0.3 is 5.97 Å². The first kappa shape index (κ1) is 32.6.